The molecule has 2 amide bonds. The number of amides is 2. The zero-order chi connectivity index (χ0) is 15.5. The molecule has 1 N–H and O–H groups in total. The highest BCUT2D eigenvalue weighted by atomic mass is 79.9. The van der Waals surface area contributed by atoms with Gasteiger partial charge in [0.05, 0.1) is 11.6 Å². The van der Waals surface area contributed by atoms with Gasteiger partial charge in [0.25, 0.3) is 0 Å². The number of pyridine rings is 1. The Balaban J connectivity index is 3.25. The molecular weight excluding hydrogens is 332 g/mol. The molecule has 1 aromatic heterocycles. The van der Waals surface area contributed by atoms with Gasteiger partial charge >= 0.3 is 12.2 Å². The van der Waals surface area contributed by atoms with E-state index >= 15 is 0 Å². The molecule has 0 spiro atoms. The van der Waals surface area contributed by atoms with Gasteiger partial charge in [0.1, 0.15) is 5.60 Å². The number of aromatic nitrogens is 1. The molecule has 20 heavy (non-hydrogen) atoms. The molecular formula is C12H15BrN2O5. The fourth-order valence-corrected chi connectivity index (χ4v) is 1.78. The molecule has 0 radical (unpaired) electrons. The maximum absolute atomic E-state index is 12.0. The molecule has 0 aliphatic heterocycles. The summed E-state index contributed by atoms with van der Waals surface area (Å²) in [6, 6.07) is 1.57. The van der Waals surface area contributed by atoms with Crippen molar-refractivity contribution in [2.75, 3.05) is 12.0 Å². The van der Waals surface area contributed by atoms with Crippen molar-refractivity contribution in [2.45, 2.75) is 26.4 Å². The number of ether oxygens (including phenoxy) is 2. The van der Waals surface area contributed by atoms with Gasteiger partial charge in [-0.15, -0.1) is 0 Å². The Bertz CT molecular complexity index is 527. The number of anilines is 1. The molecule has 1 heterocycles. The normalized spacial score (nSPS) is 10.8. The second-order valence-corrected chi connectivity index (χ2v) is 5.60. The minimum absolute atomic E-state index is 0.126. The summed E-state index contributed by atoms with van der Waals surface area (Å²) in [5.41, 5.74) is -0.829. The van der Waals surface area contributed by atoms with Crippen LogP contribution in [0.4, 0.5) is 15.4 Å². The molecule has 1 rings (SSSR count). The van der Waals surface area contributed by atoms with E-state index < -0.39 is 17.8 Å². The van der Waals surface area contributed by atoms with Gasteiger partial charge < -0.3 is 14.6 Å². The van der Waals surface area contributed by atoms with Gasteiger partial charge in [-0.2, -0.15) is 4.90 Å². The van der Waals surface area contributed by atoms with Crippen LogP contribution in [-0.4, -0.2) is 35.0 Å². The van der Waals surface area contributed by atoms with Gasteiger partial charge in [-0.25, -0.2) is 14.6 Å². The number of carbonyl (C=O) groups is 2. The van der Waals surface area contributed by atoms with Crippen LogP contribution in [-0.2, 0) is 4.74 Å². The van der Waals surface area contributed by atoms with Crippen LogP contribution in [0.3, 0.4) is 0 Å². The van der Waals surface area contributed by atoms with Crippen LogP contribution in [0.25, 0.3) is 0 Å². The number of imide groups is 1. The lowest BCUT2D eigenvalue weighted by Crippen LogP contribution is -2.40. The van der Waals surface area contributed by atoms with Gasteiger partial charge in [0.2, 0.25) is 0 Å². The molecule has 0 aromatic carbocycles. The third-order valence-corrected chi connectivity index (χ3v) is 2.65. The molecule has 0 bridgehead atoms. The smallest absolute Gasteiger partial charge is 0.425 e. The summed E-state index contributed by atoms with van der Waals surface area (Å²) < 4.78 is 10.6. The molecule has 0 aliphatic carbocycles. The Morgan fingerprint density at radius 2 is 2.00 bits per heavy atom. The first-order chi connectivity index (χ1) is 9.17. The van der Waals surface area contributed by atoms with E-state index in [1.807, 2.05) is 0 Å². The van der Waals surface area contributed by atoms with E-state index in [9.17, 15) is 14.7 Å². The van der Waals surface area contributed by atoms with Crippen LogP contribution >= 0.6 is 15.9 Å². The number of rotatable bonds is 2. The SMILES string of the molecule is COc1c(Br)ccnc1N(C(=O)O)C(=O)OC(C)(C)C. The highest BCUT2D eigenvalue weighted by molar-refractivity contribution is 9.10. The lowest BCUT2D eigenvalue weighted by atomic mass is 10.2. The molecule has 0 saturated heterocycles. The minimum Gasteiger partial charge on any atom is -0.492 e. The summed E-state index contributed by atoms with van der Waals surface area (Å²) in [6.07, 6.45) is -1.21. The quantitative estimate of drug-likeness (QED) is 0.883. The second kappa shape index (κ2) is 6.08. The summed E-state index contributed by atoms with van der Waals surface area (Å²) >= 11 is 3.20. The van der Waals surface area contributed by atoms with Crippen molar-refractivity contribution in [3.63, 3.8) is 0 Å². The molecule has 8 heteroatoms. The highest BCUT2D eigenvalue weighted by Crippen LogP contribution is 2.34. The van der Waals surface area contributed by atoms with E-state index in [0.717, 1.165) is 0 Å². The minimum atomic E-state index is -1.51. The van der Waals surface area contributed by atoms with Gasteiger partial charge in [-0.3, -0.25) is 0 Å². The number of hydrogen-bond acceptors (Lipinski definition) is 5. The Kier molecular flexibility index (Phi) is 4.93. The summed E-state index contributed by atoms with van der Waals surface area (Å²) in [7, 11) is 1.35. The predicted octanol–water partition coefficient (Wildman–Crippen LogP) is 3.27. The maximum Gasteiger partial charge on any atom is 0.425 e. The van der Waals surface area contributed by atoms with E-state index in [1.54, 1.807) is 26.8 Å². The average molecular weight is 347 g/mol. The Morgan fingerprint density at radius 3 is 2.45 bits per heavy atom. The number of halogens is 1. The van der Waals surface area contributed by atoms with Gasteiger partial charge in [-0.1, -0.05) is 0 Å². The number of methoxy groups -OCH3 is 1. The van der Waals surface area contributed by atoms with E-state index in [1.165, 1.54) is 13.3 Å². The number of hydrogen-bond donors (Lipinski definition) is 1. The molecule has 0 atom stereocenters. The molecule has 0 unspecified atom stereocenters. The van der Waals surface area contributed by atoms with Crippen LogP contribution in [0.5, 0.6) is 5.75 Å². The predicted molar refractivity (Wildman–Crippen MR) is 75.2 cm³/mol. The maximum atomic E-state index is 12.0. The number of carbonyl (C=O) groups excluding carboxylic acids is 1. The summed E-state index contributed by atoms with van der Waals surface area (Å²) in [6.45, 7) is 4.91. The van der Waals surface area contributed by atoms with Crippen molar-refractivity contribution >= 4 is 33.9 Å². The molecule has 0 fully saturated rings. The molecule has 110 valence electrons. The largest absolute Gasteiger partial charge is 0.492 e. The standard InChI is InChI=1S/C12H15BrN2O5/c1-12(2,3)20-11(18)15(10(16)17)9-8(19-4)7(13)5-6-14-9/h5-6H,1-4H3,(H,16,17). The van der Waals surface area contributed by atoms with Crippen LogP contribution in [0.15, 0.2) is 16.7 Å². The van der Waals surface area contributed by atoms with Crippen molar-refractivity contribution in [1.29, 1.82) is 0 Å². The Hall–Kier alpha value is -1.83. The number of carboxylic acid groups (broad SMARTS) is 1. The summed E-state index contributed by atoms with van der Waals surface area (Å²) in [5.74, 6) is -0.0376. The lowest BCUT2D eigenvalue weighted by Gasteiger charge is -2.24. The lowest BCUT2D eigenvalue weighted by molar-refractivity contribution is 0.0580. The molecule has 0 aliphatic rings. The van der Waals surface area contributed by atoms with Gasteiger partial charge in [0, 0.05) is 6.20 Å². The van der Waals surface area contributed by atoms with Crippen LogP contribution in [0.1, 0.15) is 20.8 Å². The zero-order valence-corrected chi connectivity index (χ0v) is 13.1. The summed E-state index contributed by atoms with van der Waals surface area (Å²) in [4.78, 5) is 27.6. The monoisotopic (exact) mass is 346 g/mol. The van der Waals surface area contributed by atoms with Crippen molar-refractivity contribution in [3.05, 3.63) is 16.7 Å². The topological polar surface area (TPSA) is 89.0 Å². The van der Waals surface area contributed by atoms with E-state index in [2.05, 4.69) is 20.9 Å². The molecule has 1 aromatic rings. The van der Waals surface area contributed by atoms with Crippen LogP contribution < -0.4 is 9.64 Å². The van der Waals surface area contributed by atoms with Crippen molar-refractivity contribution in [2.24, 2.45) is 0 Å². The third-order valence-electron chi connectivity index (χ3n) is 2.02. The third kappa shape index (κ3) is 3.83. The first-order valence-corrected chi connectivity index (χ1v) is 6.41. The van der Waals surface area contributed by atoms with Crippen LogP contribution in [0.2, 0.25) is 0 Å². The zero-order valence-electron chi connectivity index (χ0n) is 11.5. The summed E-state index contributed by atoms with van der Waals surface area (Å²) in [5, 5.41) is 9.22. The van der Waals surface area contributed by atoms with Crippen LogP contribution in [0, 0.1) is 0 Å². The number of nitrogens with zero attached hydrogens (tertiary/aromatic N) is 2. The first-order valence-electron chi connectivity index (χ1n) is 5.62. The first kappa shape index (κ1) is 16.2. The van der Waals surface area contributed by atoms with Crippen molar-refractivity contribution in [1.82, 2.24) is 4.98 Å². The Labute approximate surface area is 124 Å². The van der Waals surface area contributed by atoms with E-state index in [4.69, 9.17) is 9.47 Å². The average Bonchev–Trinajstić information content (AvgIpc) is 2.26. The highest BCUT2D eigenvalue weighted by Gasteiger charge is 2.32. The Morgan fingerprint density at radius 1 is 1.40 bits per heavy atom. The van der Waals surface area contributed by atoms with E-state index in [-0.39, 0.29) is 11.6 Å². The molecule has 0 saturated carbocycles. The van der Waals surface area contributed by atoms with Gasteiger partial charge in [-0.05, 0) is 42.8 Å². The van der Waals surface area contributed by atoms with Gasteiger partial charge in [0.15, 0.2) is 11.6 Å². The van der Waals surface area contributed by atoms with Crippen molar-refractivity contribution in [3.8, 4) is 5.75 Å². The van der Waals surface area contributed by atoms with E-state index in [0.29, 0.717) is 9.37 Å². The second-order valence-electron chi connectivity index (χ2n) is 4.75. The fourth-order valence-electron chi connectivity index (χ4n) is 1.33. The fraction of sp³-hybridized carbons (Fsp3) is 0.417. The van der Waals surface area contributed by atoms with Crippen molar-refractivity contribution < 1.29 is 24.2 Å². The molecule has 7 nitrogen and oxygen atoms in total.